The number of esters is 1. The van der Waals surface area contributed by atoms with Crippen LogP contribution in [-0.2, 0) is 11.3 Å². The molecule has 0 spiro atoms. The summed E-state index contributed by atoms with van der Waals surface area (Å²) in [5.41, 5.74) is 0.827. The lowest BCUT2D eigenvalue weighted by molar-refractivity contribution is 0.0429. The van der Waals surface area contributed by atoms with Crippen molar-refractivity contribution in [2.75, 3.05) is 7.11 Å². The third kappa shape index (κ3) is 4.03. The topological polar surface area (TPSA) is 74.5 Å². The van der Waals surface area contributed by atoms with E-state index in [1.54, 1.807) is 0 Å². The standard InChI is InChI=1S/C17H12BrFN2O4/c1-23-14-7-4-11(8-13(14)19)17(22)24-9-15-20-16(21-25-15)10-2-5-12(18)6-3-10/h2-8H,9H2,1H3. The molecule has 2 aromatic carbocycles. The number of halogens is 2. The van der Waals surface area contributed by atoms with Gasteiger partial charge in [0.05, 0.1) is 12.7 Å². The Morgan fingerprint density at radius 1 is 1.24 bits per heavy atom. The summed E-state index contributed by atoms with van der Waals surface area (Å²) in [6.07, 6.45) is 0. The zero-order valence-corrected chi connectivity index (χ0v) is 14.6. The minimum Gasteiger partial charge on any atom is -0.494 e. The lowest BCUT2D eigenvalue weighted by Crippen LogP contribution is -2.06. The van der Waals surface area contributed by atoms with Gasteiger partial charge in [-0.25, -0.2) is 9.18 Å². The van der Waals surface area contributed by atoms with Crippen LogP contribution in [0.4, 0.5) is 4.39 Å². The number of hydrogen-bond acceptors (Lipinski definition) is 6. The second kappa shape index (κ2) is 7.43. The van der Waals surface area contributed by atoms with Crippen LogP contribution < -0.4 is 4.74 Å². The van der Waals surface area contributed by atoms with E-state index in [-0.39, 0.29) is 23.8 Å². The molecule has 25 heavy (non-hydrogen) atoms. The highest BCUT2D eigenvalue weighted by Crippen LogP contribution is 2.20. The van der Waals surface area contributed by atoms with Crippen molar-refractivity contribution in [3.05, 3.63) is 64.2 Å². The fraction of sp³-hybridized carbons (Fsp3) is 0.118. The molecule has 3 rings (SSSR count). The fourth-order valence-electron chi connectivity index (χ4n) is 2.03. The molecule has 8 heteroatoms. The Hall–Kier alpha value is -2.74. The maximum absolute atomic E-state index is 13.6. The Balaban J connectivity index is 1.65. The summed E-state index contributed by atoms with van der Waals surface area (Å²) < 4.78 is 29.5. The predicted octanol–water partition coefficient (Wildman–Crippen LogP) is 4.00. The van der Waals surface area contributed by atoms with Crippen molar-refractivity contribution in [3.63, 3.8) is 0 Å². The summed E-state index contributed by atoms with van der Waals surface area (Å²) in [5, 5.41) is 3.83. The van der Waals surface area contributed by atoms with Crippen LogP contribution in [-0.4, -0.2) is 23.2 Å². The smallest absolute Gasteiger partial charge is 0.338 e. The van der Waals surface area contributed by atoms with Gasteiger partial charge in [0, 0.05) is 10.0 Å². The Morgan fingerprint density at radius 3 is 2.68 bits per heavy atom. The lowest BCUT2D eigenvalue weighted by Gasteiger charge is -2.04. The number of hydrogen-bond donors (Lipinski definition) is 0. The number of aromatic nitrogens is 2. The summed E-state index contributed by atoms with van der Waals surface area (Å²) in [6, 6.07) is 11.2. The summed E-state index contributed by atoms with van der Waals surface area (Å²) in [4.78, 5) is 16.1. The van der Waals surface area contributed by atoms with E-state index in [9.17, 15) is 9.18 Å². The maximum Gasteiger partial charge on any atom is 0.338 e. The van der Waals surface area contributed by atoms with Crippen molar-refractivity contribution in [1.82, 2.24) is 10.1 Å². The number of nitrogens with zero attached hydrogens (tertiary/aromatic N) is 2. The van der Waals surface area contributed by atoms with Gasteiger partial charge in [-0.2, -0.15) is 4.98 Å². The average Bonchev–Trinajstić information content (AvgIpc) is 3.09. The van der Waals surface area contributed by atoms with Gasteiger partial charge in [0.1, 0.15) is 0 Å². The molecule has 0 radical (unpaired) electrons. The molecule has 1 heterocycles. The van der Waals surface area contributed by atoms with Crippen molar-refractivity contribution in [1.29, 1.82) is 0 Å². The molecule has 0 fully saturated rings. The van der Waals surface area contributed by atoms with Crippen LogP contribution in [0, 0.1) is 5.82 Å². The first-order chi connectivity index (χ1) is 12.1. The normalized spacial score (nSPS) is 10.5. The second-order valence-electron chi connectivity index (χ2n) is 4.94. The minimum absolute atomic E-state index is 0.0487. The minimum atomic E-state index is -0.704. The van der Waals surface area contributed by atoms with E-state index in [2.05, 4.69) is 26.1 Å². The van der Waals surface area contributed by atoms with Gasteiger partial charge in [-0.15, -0.1) is 0 Å². The number of ether oxygens (including phenoxy) is 2. The Morgan fingerprint density at radius 2 is 2.00 bits per heavy atom. The highest BCUT2D eigenvalue weighted by molar-refractivity contribution is 9.10. The van der Waals surface area contributed by atoms with Crippen LogP contribution in [0.2, 0.25) is 0 Å². The molecule has 6 nitrogen and oxygen atoms in total. The molecule has 0 aliphatic rings. The number of carbonyl (C=O) groups is 1. The van der Waals surface area contributed by atoms with Crippen molar-refractivity contribution < 1.29 is 23.2 Å². The first-order valence-electron chi connectivity index (χ1n) is 7.16. The molecule has 3 aromatic rings. The molecular weight excluding hydrogens is 395 g/mol. The van der Waals surface area contributed by atoms with Crippen LogP contribution in [0.5, 0.6) is 5.75 Å². The van der Waals surface area contributed by atoms with Crippen LogP contribution in [0.3, 0.4) is 0 Å². The van der Waals surface area contributed by atoms with Crippen molar-refractivity contribution in [3.8, 4) is 17.1 Å². The molecule has 0 saturated heterocycles. The van der Waals surface area contributed by atoms with E-state index in [0.29, 0.717) is 5.82 Å². The monoisotopic (exact) mass is 406 g/mol. The third-order valence-corrected chi connectivity index (χ3v) is 3.81. The van der Waals surface area contributed by atoms with Crippen LogP contribution in [0.1, 0.15) is 16.2 Å². The molecule has 0 aliphatic heterocycles. The number of benzene rings is 2. The van der Waals surface area contributed by atoms with E-state index < -0.39 is 11.8 Å². The highest BCUT2D eigenvalue weighted by atomic mass is 79.9. The van der Waals surface area contributed by atoms with Gasteiger partial charge in [0.15, 0.2) is 18.2 Å². The third-order valence-electron chi connectivity index (χ3n) is 3.28. The van der Waals surface area contributed by atoms with Gasteiger partial charge >= 0.3 is 5.97 Å². The summed E-state index contributed by atoms with van der Waals surface area (Å²) in [5.74, 6) is -0.779. The zero-order chi connectivity index (χ0) is 17.8. The SMILES string of the molecule is COc1ccc(C(=O)OCc2nc(-c3ccc(Br)cc3)no2)cc1F. The Kier molecular flexibility index (Phi) is 5.08. The molecule has 0 aliphatic carbocycles. The summed E-state index contributed by atoms with van der Waals surface area (Å²) in [7, 11) is 1.34. The van der Waals surface area contributed by atoms with Gasteiger partial charge < -0.3 is 14.0 Å². The van der Waals surface area contributed by atoms with Gasteiger partial charge in [-0.3, -0.25) is 0 Å². The zero-order valence-electron chi connectivity index (χ0n) is 13.0. The molecule has 0 amide bonds. The van der Waals surface area contributed by atoms with Crippen molar-refractivity contribution in [2.24, 2.45) is 0 Å². The van der Waals surface area contributed by atoms with Gasteiger partial charge in [0.2, 0.25) is 5.82 Å². The maximum atomic E-state index is 13.6. The van der Waals surface area contributed by atoms with E-state index >= 15 is 0 Å². The van der Waals surface area contributed by atoms with Gasteiger partial charge in [-0.05, 0) is 42.5 Å². The van der Waals surface area contributed by atoms with Gasteiger partial charge in [0.25, 0.3) is 5.89 Å². The van der Waals surface area contributed by atoms with E-state index in [4.69, 9.17) is 14.0 Å². The summed E-state index contributed by atoms with van der Waals surface area (Å²) in [6.45, 7) is -0.212. The highest BCUT2D eigenvalue weighted by Gasteiger charge is 2.14. The molecule has 0 unspecified atom stereocenters. The van der Waals surface area contributed by atoms with Crippen LogP contribution in [0.15, 0.2) is 51.5 Å². The van der Waals surface area contributed by atoms with E-state index in [1.165, 1.54) is 19.2 Å². The molecule has 1 aromatic heterocycles. The average molecular weight is 407 g/mol. The van der Waals surface area contributed by atoms with E-state index in [1.807, 2.05) is 24.3 Å². The molecule has 0 saturated carbocycles. The quantitative estimate of drug-likeness (QED) is 0.596. The van der Waals surface area contributed by atoms with E-state index in [0.717, 1.165) is 16.1 Å². The predicted molar refractivity (Wildman–Crippen MR) is 89.5 cm³/mol. The Bertz CT molecular complexity index is 896. The van der Waals surface area contributed by atoms with Crippen molar-refractivity contribution >= 4 is 21.9 Å². The fourth-order valence-corrected chi connectivity index (χ4v) is 2.30. The molecule has 128 valence electrons. The number of carbonyl (C=O) groups excluding carboxylic acids is 1. The lowest BCUT2D eigenvalue weighted by atomic mass is 10.2. The number of rotatable bonds is 5. The van der Waals surface area contributed by atoms with Gasteiger partial charge in [-0.1, -0.05) is 21.1 Å². The van der Waals surface area contributed by atoms with Crippen LogP contribution in [0.25, 0.3) is 11.4 Å². The molecular formula is C17H12BrFN2O4. The van der Waals surface area contributed by atoms with Crippen LogP contribution >= 0.6 is 15.9 Å². The number of methoxy groups -OCH3 is 1. The summed E-state index contributed by atoms with van der Waals surface area (Å²) >= 11 is 3.34. The Labute approximate surface area is 150 Å². The molecule has 0 atom stereocenters. The molecule has 0 bridgehead atoms. The molecule has 0 N–H and O–H groups in total. The first-order valence-corrected chi connectivity index (χ1v) is 7.95. The first kappa shape index (κ1) is 17.1. The van der Waals surface area contributed by atoms with Crippen molar-refractivity contribution in [2.45, 2.75) is 6.61 Å². The largest absolute Gasteiger partial charge is 0.494 e. The second-order valence-corrected chi connectivity index (χ2v) is 5.86.